The fourth-order valence-corrected chi connectivity index (χ4v) is 1.76. The number of benzene rings is 2. The summed E-state index contributed by atoms with van der Waals surface area (Å²) in [6.45, 7) is 0. The van der Waals surface area contributed by atoms with Crippen molar-refractivity contribution in [3.8, 4) is 5.75 Å². The summed E-state index contributed by atoms with van der Waals surface area (Å²) in [5.74, 6) is 0.308. The van der Waals surface area contributed by atoms with Crippen LogP contribution in [0.2, 0.25) is 0 Å². The van der Waals surface area contributed by atoms with E-state index in [1.807, 2.05) is 30.3 Å². The topological polar surface area (TPSA) is 32.6 Å². The van der Waals surface area contributed by atoms with Gasteiger partial charge in [0.05, 0.1) is 6.04 Å². The van der Waals surface area contributed by atoms with Crippen LogP contribution in [0.15, 0.2) is 41.4 Å². The van der Waals surface area contributed by atoms with E-state index in [0.717, 1.165) is 16.3 Å². The Labute approximate surface area is 94.3 Å². The van der Waals surface area contributed by atoms with E-state index in [-0.39, 0.29) is 0 Å². The molecular weight excluding hydrogens is 198 g/mol. The first kappa shape index (κ1) is 9.40. The number of phenols is 1. The van der Waals surface area contributed by atoms with Crippen LogP contribution in [-0.4, -0.2) is 17.4 Å². The smallest absolute Gasteiger partial charge is 0.124 e. The van der Waals surface area contributed by atoms with E-state index >= 15 is 0 Å². The first-order valence-corrected chi connectivity index (χ1v) is 5.58. The number of nitrogens with zero attached hydrogens (tertiary/aromatic N) is 1. The van der Waals surface area contributed by atoms with Gasteiger partial charge in [-0.25, -0.2) is 0 Å². The number of phenolic OH excluding ortho intramolecular Hbond substituents is 1. The van der Waals surface area contributed by atoms with E-state index in [0.29, 0.717) is 11.8 Å². The van der Waals surface area contributed by atoms with Crippen molar-refractivity contribution in [1.82, 2.24) is 0 Å². The van der Waals surface area contributed by atoms with Crippen LogP contribution in [0.3, 0.4) is 0 Å². The van der Waals surface area contributed by atoms with E-state index in [2.05, 4.69) is 4.99 Å². The van der Waals surface area contributed by atoms with Gasteiger partial charge in [-0.3, -0.25) is 4.99 Å². The molecule has 0 bridgehead atoms. The van der Waals surface area contributed by atoms with Crippen molar-refractivity contribution < 1.29 is 5.11 Å². The van der Waals surface area contributed by atoms with Gasteiger partial charge in [-0.2, -0.15) is 0 Å². The van der Waals surface area contributed by atoms with Gasteiger partial charge in [0.25, 0.3) is 0 Å². The van der Waals surface area contributed by atoms with Crippen molar-refractivity contribution in [2.75, 3.05) is 0 Å². The molecule has 1 aliphatic rings. The van der Waals surface area contributed by atoms with Gasteiger partial charge >= 0.3 is 0 Å². The van der Waals surface area contributed by atoms with Crippen LogP contribution >= 0.6 is 0 Å². The first-order chi connectivity index (χ1) is 7.83. The molecule has 0 aliphatic heterocycles. The number of rotatable bonds is 2. The van der Waals surface area contributed by atoms with E-state index in [4.69, 9.17) is 0 Å². The highest BCUT2D eigenvalue weighted by molar-refractivity contribution is 5.93. The maximum absolute atomic E-state index is 9.85. The van der Waals surface area contributed by atoms with Crippen molar-refractivity contribution in [2.24, 2.45) is 4.99 Å². The minimum absolute atomic E-state index is 0.308. The van der Waals surface area contributed by atoms with Crippen molar-refractivity contribution in [1.29, 1.82) is 0 Å². The Balaban J connectivity index is 2.06. The lowest BCUT2D eigenvalue weighted by atomic mass is 10.1. The van der Waals surface area contributed by atoms with Crippen LogP contribution in [-0.2, 0) is 0 Å². The molecule has 0 saturated heterocycles. The molecule has 1 saturated carbocycles. The third-order valence-electron chi connectivity index (χ3n) is 2.87. The van der Waals surface area contributed by atoms with Gasteiger partial charge in [0.1, 0.15) is 5.75 Å². The maximum Gasteiger partial charge on any atom is 0.124 e. The zero-order chi connectivity index (χ0) is 11.0. The molecule has 0 atom stereocenters. The second-order valence-electron chi connectivity index (χ2n) is 4.27. The molecule has 0 amide bonds. The Morgan fingerprint density at radius 1 is 1.12 bits per heavy atom. The number of fused-ring (bicyclic) bond motifs is 1. The van der Waals surface area contributed by atoms with E-state index in [1.54, 1.807) is 12.3 Å². The largest absolute Gasteiger partial charge is 0.507 e. The molecule has 2 aromatic rings. The first-order valence-electron chi connectivity index (χ1n) is 5.58. The second kappa shape index (κ2) is 3.63. The zero-order valence-corrected chi connectivity index (χ0v) is 8.93. The van der Waals surface area contributed by atoms with Crippen LogP contribution in [0.4, 0.5) is 0 Å². The van der Waals surface area contributed by atoms with Gasteiger partial charge in [-0.15, -0.1) is 0 Å². The minimum atomic E-state index is 0.308. The molecular formula is C14H13NO. The summed E-state index contributed by atoms with van der Waals surface area (Å²) in [4.78, 5) is 4.39. The van der Waals surface area contributed by atoms with Crippen LogP contribution in [0.25, 0.3) is 10.8 Å². The zero-order valence-electron chi connectivity index (χ0n) is 8.93. The van der Waals surface area contributed by atoms with Gasteiger partial charge in [0, 0.05) is 11.8 Å². The van der Waals surface area contributed by atoms with Crippen molar-refractivity contribution in [3.63, 3.8) is 0 Å². The quantitative estimate of drug-likeness (QED) is 0.760. The molecule has 1 N–H and O–H groups in total. The van der Waals surface area contributed by atoms with Gasteiger partial charge in [-0.1, -0.05) is 24.3 Å². The molecule has 1 aliphatic carbocycles. The lowest BCUT2D eigenvalue weighted by Crippen LogP contribution is -1.85. The van der Waals surface area contributed by atoms with Crippen LogP contribution in [0, 0.1) is 0 Å². The average Bonchev–Trinajstić information content (AvgIpc) is 3.10. The summed E-state index contributed by atoms with van der Waals surface area (Å²) in [5, 5.41) is 12.0. The highest BCUT2D eigenvalue weighted by Crippen LogP contribution is 2.26. The molecule has 2 nitrogen and oxygen atoms in total. The highest BCUT2D eigenvalue weighted by atomic mass is 16.3. The predicted molar refractivity (Wildman–Crippen MR) is 66.2 cm³/mol. The number of aromatic hydroxyl groups is 1. The normalized spacial score (nSPS) is 16.0. The Kier molecular flexibility index (Phi) is 2.13. The summed E-state index contributed by atoms with van der Waals surface area (Å²) in [6.07, 6.45) is 4.16. The van der Waals surface area contributed by atoms with Crippen LogP contribution < -0.4 is 0 Å². The van der Waals surface area contributed by atoms with E-state index in [1.165, 1.54) is 12.8 Å². The second-order valence-corrected chi connectivity index (χ2v) is 4.27. The minimum Gasteiger partial charge on any atom is -0.507 e. The summed E-state index contributed by atoms with van der Waals surface area (Å²) < 4.78 is 0. The molecule has 0 spiro atoms. The average molecular weight is 211 g/mol. The van der Waals surface area contributed by atoms with Gasteiger partial charge in [0.2, 0.25) is 0 Å². The van der Waals surface area contributed by atoms with Gasteiger partial charge in [0.15, 0.2) is 0 Å². The highest BCUT2D eigenvalue weighted by Gasteiger charge is 2.19. The third kappa shape index (κ3) is 1.78. The monoisotopic (exact) mass is 211 g/mol. The third-order valence-corrected chi connectivity index (χ3v) is 2.87. The van der Waals surface area contributed by atoms with Crippen LogP contribution in [0.1, 0.15) is 18.4 Å². The molecule has 0 radical (unpaired) electrons. The molecule has 0 aromatic heterocycles. The van der Waals surface area contributed by atoms with Gasteiger partial charge in [-0.05, 0) is 35.7 Å². The van der Waals surface area contributed by atoms with Crippen molar-refractivity contribution >= 4 is 17.0 Å². The molecule has 0 unspecified atom stereocenters. The van der Waals surface area contributed by atoms with E-state index < -0.39 is 0 Å². The Morgan fingerprint density at radius 3 is 2.50 bits per heavy atom. The summed E-state index contributed by atoms with van der Waals surface area (Å²) in [5.41, 5.74) is 0.811. The van der Waals surface area contributed by atoms with E-state index in [9.17, 15) is 5.11 Å². The predicted octanol–water partition coefficient (Wildman–Crippen LogP) is 3.13. The summed E-state index contributed by atoms with van der Waals surface area (Å²) >= 11 is 0. The fourth-order valence-electron chi connectivity index (χ4n) is 1.76. The molecule has 1 fully saturated rings. The molecule has 16 heavy (non-hydrogen) atoms. The SMILES string of the molecule is Oc1cc2ccccc2cc1C=NC1CC1. The molecule has 2 aromatic carbocycles. The Morgan fingerprint density at radius 2 is 1.81 bits per heavy atom. The molecule has 2 heteroatoms. The van der Waals surface area contributed by atoms with Crippen LogP contribution in [0.5, 0.6) is 5.75 Å². The number of hydrogen-bond acceptors (Lipinski definition) is 2. The summed E-state index contributed by atoms with van der Waals surface area (Å²) in [6, 6.07) is 12.3. The number of aliphatic imine (C=N–C) groups is 1. The molecule has 0 heterocycles. The lowest BCUT2D eigenvalue weighted by molar-refractivity contribution is 0.475. The molecule has 80 valence electrons. The van der Waals surface area contributed by atoms with Crippen molar-refractivity contribution in [3.05, 3.63) is 42.0 Å². The molecule has 3 rings (SSSR count). The fraction of sp³-hybridized carbons (Fsp3) is 0.214. The number of hydrogen-bond donors (Lipinski definition) is 1. The summed E-state index contributed by atoms with van der Waals surface area (Å²) in [7, 11) is 0. The Bertz CT molecular complexity index is 556. The standard InChI is InChI=1S/C14H13NO/c16-14-8-11-4-2-1-3-10(11)7-12(14)9-15-13-5-6-13/h1-4,7-9,13,16H,5-6H2. The maximum atomic E-state index is 9.85. The van der Waals surface area contributed by atoms with Gasteiger partial charge < -0.3 is 5.11 Å². The van der Waals surface area contributed by atoms with Crippen molar-refractivity contribution in [2.45, 2.75) is 18.9 Å². The lowest BCUT2D eigenvalue weighted by Gasteiger charge is -2.02. The Hall–Kier alpha value is -1.83.